The molecule has 1 aliphatic rings. The van der Waals surface area contributed by atoms with Crippen molar-refractivity contribution < 1.29 is 4.74 Å². The Kier molecular flexibility index (Phi) is 4.65. The van der Waals surface area contributed by atoms with E-state index in [1.807, 2.05) is 7.05 Å². The van der Waals surface area contributed by atoms with E-state index in [9.17, 15) is 0 Å². The van der Waals surface area contributed by atoms with Gasteiger partial charge in [0.05, 0.1) is 0 Å². The van der Waals surface area contributed by atoms with E-state index in [2.05, 4.69) is 24.4 Å². The van der Waals surface area contributed by atoms with Crippen molar-refractivity contribution in [3.05, 3.63) is 23.0 Å². The maximum atomic E-state index is 5.34. The van der Waals surface area contributed by atoms with Crippen LogP contribution in [0.5, 0.6) is 0 Å². The molecule has 0 fully saturated rings. The molecule has 0 saturated heterocycles. The Balaban J connectivity index is 2.63. The predicted molar refractivity (Wildman–Crippen MR) is 59.5 cm³/mol. The minimum atomic E-state index is 0.0767. The van der Waals surface area contributed by atoms with E-state index >= 15 is 0 Å². The Bertz CT molecular complexity index is 219. The quantitative estimate of drug-likeness (QED) is 0.540. The molecule has 74 valence electrons. The van der Waals surface area contributed by atoms with E-state index in [-0.39, 0.29) is 6.23 Å². The van der Waals surface area contributed by atoms with E-state index in [4.69, 9.17) is 4.74 Å². The molecule has 2 nitrogen and oxygen atoms in total. The van der Waals surface area contributed by atoms with Crippen LogP contribution in [0.3, 0.4) is 0 Å². The van der Waals surface area contributed by atoms with Gasteiger partial charge in [0.2, 0.25) is 0 Å². The average Bonchev–Trinajstić information content (AvgIpc) is 2.57. The van der Waals surface area contributed by atoms with E-state index in [0.717, 1.165) is 15.0 Å². The first-order valence-corrected chi connectivity index (χ1v) is 5.88. The first-order chi connectivity index (χ1) is 6.33. The SMILES string of the molecule is CCPC1=CCC=C1[C@H](NC)OC. The second-order valence-corrected chi connectivity index (χ2v) is 4.55. The van der Waals surface area contributed by atoms with Crippen LogP contribution in [0.15, 0.2) is 23.0 Å². The maximum Gasteiger partial charge on any atom is 0.133 e. The lowest BCUT2D eigenvalue weighted by molar-refractivity contribution is 0.113. The lowest BCUT2D eigenvalue weighted by Gasteiger charge is -2.18. The lowest BCUT2D eigenvalue weighted by atomic mass is 10.2. The molecular formula is C10H18NOP. The van der Waals surface area contributed by atoms with E-state index < -0.39 is 0 Å². The molecule has 1 unspecified atom stereocenters. The average molecular weight is 199 g/mol. The fraction of sp³-hybridized carbons (Fsp3) is 0.600. The van der Waals surface area contributed by atoms with Gasteiger partial charge < -0.3 is 4.74 Å². The third kappa shape index (κ3) is 2.63. The number of rotatable bonds is 5. The molecule has 13 heavy (non-hydrogen) atoms. The largest absolute Gasteiger partial charge is 0.362 e. The first kappa shape index (κ1) is 10.9. The summed E-state index contributed by atoms with van der Waals surface area (Å²) in [5.74, 6) is 0. The molecule has 1 N–H and O–H groups in total. The number of likely N-dealkylation sites (N-methyl/N-ethyl adjacent to an activating group) is 1. The zero-order chi connectivity index (χ0) is 9.68. The molecule has 0 aromatic rings. The molecule has 0 aromatic heterocycles. The zero-order valence-corrected chi connectivity index (χ0v) is 9.55. The van der Waals surface area contributed by atoms with Gasteiger partial charge in [0.1, 0.15) is 6.23 Å². The number of methoxy groups -OCH3 is 1. The second kappa shape index (κ2) is 5.54. The highest BCUT2D eigenvalue weighted by molar-refractivity contribution is 7.43. The molecule has 3 heteroatoms. The third-order valence-corrected chi connectivity index (χ3v) is 3.35. The van der Waals surface area contributed by atoms with E-state index in [1.54, 1.807) is 7.11 Å². The van der Waals surface area contributed by atoms with Crippen molar-refractivity contribution >= 4 is 8.58 Å². The Labute approximate surface area is 82.2 Å². The van der Waals surface area contributed by atoms with Gasteiger partial charge in [0.25, 0.3) is 0 Å². The Morgan fingerprint density at radius 3 is 2.92 bits per heavy atom. The summed E-state index contributed by atoms with van der Waals surface area (Å²) in [7, 11) is 4.59. The number of allylic oxidation sites excluding steroid dienone is 2. The summed E-state index contributed by atoms with van der Waals surface area (Å²) in [4.78, 5) is 0. The zero-order valence-electron chi connectivity index (χ0n) is 8.55. The molecule has 0 bridgehead atoms. The number of hydrogen-bond donors (Lipinski definition) is 1. The first-order valence-electron chi connectivity index (χ1n) is 4.68. The van der Waals surface area contributed by atoms with Crippen molar-refractivity contribution in [3.8, 4) is 0 Å². The molecule has 0 aromatic carbocycles. The second-order valence-electron chi connectivity index (χ2n) is 2.95. The fourth-order valence-electron chi connectivity index (χ4n) is 1.54. The van der Waals surface area contributed by atoms with Crippen molar-refractivity contribution in [2.24, 2.45) is 0 Å². The minimum Gasteiger partial charge on any atom is -0.362 e. The molecule has 0 saturated carbocycles. The van der Waals surface area contributed by atoms with Gasteiger partial charge in [-0.25, -0.2) is 0 Å². The highest BCUT2D eigenvalue weighted by Gasteiger charge is 2.17. The summed E-state index contributed by atoms with van der Waals surface area (Å²) >= 11 is 0. The molecule has 1 rings (SSSR count). The Morgan fingerprint density at radius 1 is 1.62 bits per heavy atom. The van der Waals surface area contributed by atoms with Gasteiger partial charge in [-0.3, -0.25) is 5.32 Å². The van der Waals surface area contributed by atoms with E-state index in [1.165, 1.54) is 17.0 Å². The van der Waals surface area contributed by atoms with Crippen LogP contribution in [0.2, 0.25) is 0 Å². The molecule has 1 aliphatic carbocycles. The summed E-state index contributed by atoms with van der Waals surface area (Å²) in [6.07, 6.45) is 6.93. The van der Waals surface area contributed by atoms with Crippen LogP contribution < -0.4 is 5.32 Å². The molecule has 0 heterocycles. The molecule has 0 radical (unpaired) electrons. The fourth-order valence-corrected chi connectivity index (χ4v) is 2.63. The number of hydrogen-bond acceptors (Lipinski definition) is 2. The van der Waals surface area contributed by atoms with Crippen molar-refractivity contribution in [2.75, 3.05) is 20.3 Å². The highest BCUT2D eigenvalue weighted by atomic mass is 31.1. The van der Waals surface area contributed by atoms with Gasteiger partial charge in [-0.15, -0.1) is 0 Å². The van der Waals surface area contributed by atoms with Gasteiger partial charge in [0, 0.05) is 7.11 Å². The lowest BCUT2D eigenvalue weighted by Crippen LogP contribution is -2.29. The minimum absolute atomic E-state index is 0.0767. The number of nitrogens with one attached hydrogen (secondary N) is 1. The van der Waals surface area contributed by atoms with Crippen LogP contribution in [0.1, 0.15) is 13.3 Å². The molecule has 0 amide bonds. The third-order valence-electron chi connectivity index (χ3n) is 2.12. The molecule has 2 atom stereocenters. The van der Waals surface area contributed by atoms with Gasteiger partial charge in [-0.2, -0.15) is 0 Å². The maximum absolute atomic E-state index is 5.34. The summed E-state index contributed by atoms with van der Waals surface area (Å²) in [5, 5.41) is 4.63. The van der Waals surface area contributed by atoms with Gasteiger partial charge in [0.15, 0.2) is 0 Å². The van der Waals surface area contributed by atoms with Crippen LogP contribution >= 0.6 is 8.58 Å². The molecule has 0 spiro atoms. The molecule has 0 aliphatic heterocycles. The number of ether oxygens (including phenoxy) is 1. The smallest absolute Gasteiger partial charge is 0.133 e. The van der Waals surface area contributed by atoms with Crippen molar-refractivity contribution in [3.63, 3.8) is 0 Å². The van der Waals surface area contributed by atoms with Gasteiger partial charge in [-0.1, -0.05) is 27.7 Å². The topological polar surface area (TPSA) is 21.3 Å². The Hall–Kier alpha value is -0.170. The van der Waals surface area contributed by atoms with Crippen LogP contribution in [0.4, 0.5) is 0 Å². The predicted octanol–water partition coefficient (Wildman–Crippen LogP) is 2.09. The van der Waals surface area contributed by atoms with Crippen molar-refractivity contribution in [2.45, 2.75) is 19.6 Å². The van der Waals surface area contributed by atoms with Crippen molar-refractivity contribution in [1.29, 1.82) is 0 Å². The van der Waals surface area contributed by atoms with Crippen LogP contribution in [0.25, 0.3) is 0 Å². The van der Waals surface area contributed by atoms with Crippen LogP contribution in [-0.2, 0) is 4.74 Å². The standard InChI is InChI=1S/C10H18NOP/c1-4-13-9-7-5-6-8(9)10(11-2)12-3/h6-7,10-11,13H,4-5H2,1-3H3/t10-/m1/s1. The Morgan fingerprint density at radius 2 is 2.38 bits per heavy atom. The summed E-state index contributed by atoms with van der Waals surface area (Å²) in [5.41, 5.74) is 1.34. The summed E-state index contributed by atoms with van der Waals surface area (Å²) in [6, 6.07) is 0. The van der Waals surface area contributed by atoms with E-state index in [0.29, 0.717) is 0 Å². The highest BCUT2D eigenvalue weighted by Crippen LogP contribution is 2.36. The van der Waals surface area contributed by atoms with Crippen LogP contribution in [0, 0.1) is 0 Å². The van der Waals surface area contributed by atoms with Crippen molar-refractivity contribution in [1.82, 2.24) is 5.32 Å². The normalized spacial score (nSPS) is 19.3. The summed E-state index contributed by atoms with van der Waals surface area (Å²) in [6.45, 7) is 2.22. The van der Waals surface area contributed by atoms with Crippen LogP contribution in [-0.4, -0.2) is 26.5 Å². The van der Waals surface area contributed by atoms with Gasteiger partial charge in [-0.05, 0) is 30.5 Å². The monoisotopic (exact) mass is 199 g/mol. The molecular weight excluding hydrogens is 181 g/mol. The van der Waals surface area contributed by atoms with Gasteiger partial charge >= 0.3 is 0 Å². The summed E-state index contributed by atoms with van der Waals surface area (Å²) < 4.78 is 5.34.